The molecule has 1 aromatic heterocycles. The zero-order chi connectivity index (χ0) is 19.6. The van der Waals surface area contributed by atoms with Gasteiger partial charge in [0, 0.05) is 11.2 Å². The van der Waals surface area contributed by atoms with Crippen LogP contribution in [0.3, 0.4) is 0 Å². The van der Waals surface area contributed by atoms with Gasteiger partial charge >= 0.3 is 6.18 Å². The average Bonchev–Trinajstić information content (AvgIpc) is 2.98. The van der Waals surface area contributed by atoms with E-state index in [-0.39, 0.29) is 12.4 Å². The van der Waals surface area contributed by atoms with Gasteiger partial charge in [-0.1, -0.05) is 53.5 Å². The van der Waals surface area contributed by atoms with E-state index < -0.39 is 11.9 Å². The highest BCUT2D eigenvalue weighted by molar-refractivity contribution is 6.36. The van der Waals surface area contributed by atoms with Gasteiger partial charge in [0.15, 0.2) is 5.69 Å². The minimum atomic E-state index is -4.50. The van der Waals surface area contributed by atoms with Crippen LogP contribution in [-0.4, -0.2) is 9.55 Å². The van der Waals surface area contributed by atoms with Gasteiger partial charge in [0.05, 0.1) is 11.6 Å². The standard InChI is InChI=1S/C19H15Cl2F3N2O/c1-12-25-18(19(22,23)24)10-26(12)9-14-7-17(16(21)8-15(14)20)27-11-13-5-3-2-4-6-13/h2-8,10H,9,11H2,1H3. The number of imidazole rings is 1. The Labute approximate surface area is 164 Å². The summed E-state index contributed by atoms with van der Waals surface area (Å²) < 4.78 is 45.7. The van der Waals surface area contributed by atoms with Gasteiger partial charge in [-0.05, 0) is 30.2 Å². The Bertz CT molecular complexity index is 940. The largest absolute Gasteiger partial charge is 0.487 e. The van der Waals surface area contributed by atoms with E-state index in [4.69, 9.17) is 27.9 Å². The Morgan fingerprint density at radius 3 is 2.41 bits per heavy atom. The zero-order valence-electron chi connectivity index (χ0n) is 14.2. The number of halogens is 5. The normalized spacial score (nSPS) is 11.6. The minimum absolute atomic E-state index is 0.118. The molecule has 142 valence electrons. The number of rotatable bonds is 5. The number of hydrogen-bond donors (Lipinski definition) is 0. The molecule has 0 aliphatic heterocycles. The first kappa shape index (κ1) is 19.6. The summed E-state index contributed by atoms with van der Waals surface area (Å²) in [6.45, 7) is 1.93. The zero-order valence-corrected chi connectivity index (χ0v) is 15.7. The maximum absolute atomic E-state index is 12.8. The van der Waals surface area contributed by atoms with Crippen molar-refractivity contribution in [3.63, 3.8) is 0 Å². The van der Waals surface area contributed by atoms with Crippen molar-refractivity contribution in [1.29, 1.82) is 0 Å². The minimum Gasteiger partial charge on any atom is -0.487 e. The topological polar surface area (TPSA) is 27.1 Å². The molecule has 0 amide bonds. The summed E-state index contributed by atoms with van der Waals surface area (Å²) in [4.78, 5) is 3.56. The average molecular weight is 415 g/mol. The first-order chi connectivity index (χ1) is 12.7. The molecule has 0 bridgehead atoms. The van der Waals surface area contributed by atoms with Crippen molar-refractivity contribution in [2.45, 2.75) is 26.3 Å². The number of aryl methyl sites for hydroxylation is 1. The molecular weight excluding hydrogens is 400 g/mol. The molecule has 0 saturated heterocycles. The number of benzene rings is 2. The molecule has 8 heteroatoms. The highest BCUT2D eigenvalue weighted by Crippen LogP contribution is 2.33. The second-order valence-corrected chi connectivity index (χ2v) is 6.76. The van der Waals surface area contributed by atoms with E-state index in [1.165, 1.54) is 17.6 Å². The quantitative estimate of drug-likeness (QED) is 0.500. The predicted molar refractivity (Wildman–Crippen MR) is 98.3 cm³/mol. The van der Waals surface area contributed by atoms with Gasteiger partial charge in [-0.2, -0.15) is 13.2 Å². The summed E-state index contributed by atoms with van der Waals surface area (Å²) in [6, 6.07) is 12.7. The van der Waals surface area contributed by atoms with Crippen molar-refractivity contribution < 1.29 is 17.9 Å². The molecule has 27 heavy (non-hydrogen) atoms. The van der Waals surface area contributed by atoms with Crippen LogP contribution in [0.4, 0.5) is 13.2 Å². The van der Waals surface area contributed by atoms with E-state index >= 15 is 0 Å². The number of aromatic nitrogens is 2. The van der Waals surface area contributed by atoms with Gasteiger partial charge in [-0.15, -0.1) is 0 Å². The number of hydrogen-bond acceptors (Lipinski definition) is 2. The van der Waals surface area contributed by atoms with Gasteiger partial charge in [0.1, 0.15) is 18.2 Å². The summed E-state index contributed by atoms with van der Waals surface area (Å²) in [6.07, 6.45) is -3.53. The van der Waals surface area contributed by atoms with Gasteiger partial charge in [-0.3, -0.25) is 0 Å². The Morgan fingerprint density at radius 1 is 1.07 bits per heavy atom. The predicted octanol–water partition coefficient (Wildman–Crippen LogP) is 6.14. The Balaban J connectivity index is 1.83. The van der Waals surface area contributed by atoms with Crippen LogP contribution in [-0.2, 0) is 19.3 Å². The summed E-state index contributed by atoms with van der Waals surface area (Å²) in [5, 5.41) is 0.673. The Morgan fingerprint density at radius 2 is 1.78 bits per heavy atom. The highest BCUT2D eigenvalue weighted by atomic mass is 35.5. The van der Waals surface area contributed by atoms with Crippen LogP contribution in [0.15, 0.2) is 48.7 Å². The molecule has 0 aliphatic carbocycles. The van der Waals surface area contributed by atoms with Gasteiger partial charge in [-0.25, -0.2) is 4.98 Å². The maximum Gasteiger partial charge on any atom is 0.434 e. The summed E-state index contributed by atoms with van der Waals surface area (Å²) >= 11 is 12.4. The third-order valence-electron chi connectivity index (χ3n) is 3.95. The van der Waals surface area contributed by atoms with Crippen LogP contribution in [0.2, 0.25) is 10.0 Å². The number of ether oxygens (including phenoxy) is 1. The van der Waals surface area contributed by atoms with Crippen molar-refractivity contribution in [2.75, 3.05) is 0 Å². The van der Waals surface area contributed by atoms with E-state index in [1.54, 1.807) is 6.07 Å². The van der Waals surface area contributed by atoms with Crippen LogP contribution in [0.5, 0.6) is 5.75 Å². The lowest BCUT2D eigenvalue weighted by Gasteiger charge is -2.13. The van der Waals surface area contributed by atoms with Gasteiger partial charge in [0.25, 0.3) is 0 Å². The van der Waals surface area contributed by atoms with Crippen molar-refractivity contribution in [3.05, 3.63) is 81.4 Å². The lowest BCUT2D eigenvalue weighted by atomic mass is 10.2. The van der Waals surface area contributed by atoms with Crippen LogP contribution in [0.1, 0.15) is 22.6 Å². The van der Waals surface area contributed by atoms with E-state index in [2.05, 4.69) is 4.98 Å². The molecule has 1 heterocycles. The van der Waals surface area contributed by atoms with Crippen LogP contribution in [0, 0.1) is 6.92 Å². The Kier molecular flexibility index (Phi) is 5.67. The molecule has 3 aromatic rings. The van der Waals surface area contributed by atoms with E-state index in [0.29, 0.717) is 28.0 Å². The second-order valence-electron chi connectivity index (χ2n) is 5.95. The molecule has 3 rings (SSSR count). The lowest BCUT2D eigenvalue weighted by Crippen LogP contribution is -2.05. The first-order valence-corrected chi connectivity index (χ1v) is 8.75. The number of alkyl halides is 3. The fourth-order valence-corrected chi connectivity index (χ4v) is 3.02. The lowest BCUT2D eigenvalue weighted by molar-refractivity contribution is -0.141. The molecule has 2 aromatic carbocycles. The van der Waals surface area contributed by atoms with Crippen molar-refractivity contribution in [2.24, 2.45) is 0 Å². The van der Waals surface area contributed by atoms with Crippen LogP contribution < -0.4 is 4.74 Å². The highest BCUT2D eigenvalue weighted by Gasteiger charge is 2.34. The molecule has 0 spiro atoms. The summed E-state index contributed by atoms with van der Waals surface area (Å²) in [5.41, 5.74) is 0.606. The molecular formula is C19H15Cl2F3N2O. The van der Waals surface area contributed by atoms with Crippen LogP contribution in [0.25, 0.3) is 0 Å². The van der Waals surface area contributed by atoms with Gasteiger partial charge in [0.2, 0.25) is 0 Å². The molecule has 0 fully saturated rings. The molecule has 0 saturated carbocycles. The van der Waals surface area contributed by atoms with E-state index in [1.807, 2.05) is 30.3 Å². The van der Waals surface area contributed by atoms with Crippen molar-refractivity contribution >= 4 is 23.2 Å². The summed E-state index contributed by atoms with van der Waals surface area (Å²) in [5.74, 6) is 0.647. The van der Waals surface area contributed by atoms with Crippen LogP contribution >= 0.6 is 23.2 Å². The molecule has 0 aliphatic rings. The molecule has 0 N–H and O–H groups in total. The fourth-order valence-electron chi connectivity index (χ4n) is 2.53. The van der Waals surface area contributed by atoms with Crippen molar-refractivity contribution in [3.8, 4) is 5.75 Å². The third kappa shape index (κ3) is 4.76. The monoisotopic (exact) mass is 414 g/mol. The number of nitrogens with zero attached hydrogens (tertiary/aromatic N) is 2. The maximum atomic E-state index is 12.8. The van der Waals surface area contributed by atoms with E-state index in [0.717, 1.165) is 11.8 Å². The fraction of sp³-hybridized carbons (Fsp3) is 0.211. The molecule has 0 atom stereocenters. The first-order valence-electron chi connectivity index (χ1n) is 7.99. The second kappa shape index (κ2) is 7.82. The molecule has 0 unspecified atom stereocenters. The SMILES string of the molecule is Cc1nc(C(F)(F)F)cn1Cc1cc(OCc2ccccc2)c(Cl)cc1Cl. The van der Waals surface area contributed by atoms with Gasteiger partial charge < -0.3 is 9.30 Å². The van der Waals surface area contributed by atoms with Crippen molar-refractivity contribution in [1.82, 2.24) is 9.55 Å². The van der Waals surface area contributed by atoms with E-state index in [9.17, 15) is 13.2 Å². The third-order valence-corrected chi connectivity index (χ3v) is 4.59. The molecule has 3 nitrogen and oxygen atoms in total. The smallest absolute Gasteiger partial charge is 0.434 e. The summed E-state index contributed by atoms with van der Waals surface area (Å²) in [7, 11) is 0. The Hall–Kier alpha value is -2.18. The molecule has 0 radical (unpaired) electrons.